The minimum absolute atomic E-state index is 0.190. The molecule has 0 amide bonds. The van der Waals surface area contributed by atoms with Crippen LogP contribution in [0, 0.1) is 5.82 Å². The second-order valence-electron chi connectivity index (χ2n) is 4.50. The monoisotopic (exact) mass is 479 g/mol. The zero-order valence-corrected chi connectivity index (χ0v) is 16.1. The quantitative estimate of drug-likeness (QED) is 0.553. The summed E-state index contributed by atoms with van der Waals surface area (Å²) < 4.78 is 21.9. The predicted octanol–water partition coefficient (Wildman–Crippen LogP) is 6.29. The van der Waals surface area contributed by atoms with Gasteiger partial charge in [-0.3, -0.25) is 0 Å². The first kappa shape index (κ1) is 16.8. The van der Waals surface area contributed by atoms with Crippen molar-refractivity contribution in [3.63, 3.8) is 0 Å². The molecule has 1 N–H and O–H groups in total. The zero-order chi connectivity index (χ0) is 15.6. The summed E-state index contributed by atoms with van der Waals surface area (Å²) in [6.45, 7) is 1.91. The first-order valence-corrected chi connectivity index (χ1v) is 8.54. The van der Waals surface area contributed by atoms with Gasteiger partial charge < -0.3 is 10.1 Å². The minimum Gasteiger partial charge on any atom is -0.497 e. The van der Waals surface area contributed by atoms with E-state index in [1.165, 1.54) is 13.2 Å². The molecule has 2 aromatic carbocycles. The van der Waals surface area contributed by atoms with Crippen molar-refractivity contribution in [2.24, 2.45) is 0 Å². The molecule has 0 heterocycles. The summed E-state index contributed by atoms with van der Waals surface area (Å²) >= 11 is 10.4. The lowest BCUT2D eigenvalue weighted by Gasteiger charge is -2.19. The van der Waals surface area contributed by atoms with Crippen molar-refractivity contribution in [3.8, 4) is 5.75 Å². The summed E-state index contributed by atoms with van der Waals surface area (Å²) in [5.74, 6) is 0.216. The van der Waals surface area contributed by atoms with Crippen LogP contribution in [0.5, 0.6) is 5.75 Å². The van der Waals surface area contributed by atoms with Gasteiger partial charge in [0.25, 0.3) is 0 Å². The van der Waals surface area contributed by atoms with E-state index in [1.807, 2.05) is 19.1 Å². The van der Waals surface area contributed by atoms with Gasteiger partial charge in [0.1, 0.15) is 11.6 Å². The van der Waals surface area contributed by atoms with E-state index in [2.05, 4.69) is 53.1 Å². The maximum atomic E-state index is 14.1. The van der Waals surface area contributed by atoms with Crippen LogP contribution in [0.4, 0.5) is 10.1 Å². The highest BCUT2D eigenvalue weighted by Crippen LogP contribution is 2.37. The molecule has 0 fully saturated rings. The average molecular weight is 482 g/mol. The highest BCUT2D eigenvalue weighted by atomic mass is 79.9. The van der Waals surface area contributed by atoms with Gasteiger partial charge in [-0.15, -0.1) is 0 Å². The maximum Gasteiger partial charge on any atom is 0.132 e. The van der Waals surface area contributed by atoms with Crippen LogP contribution in [-0.4, -0.2) is 7.11 Å². The summed E-state index contributed by atoms with van der Waals surface area (Å²) in [6, 6.07) is 8.55. The van der Waals surface area contributed by atoms with Crippen LogP contribution in [0.15, 0.2) is 43.7 Å². The standard InChI is InChI=1S/C15H13Br3FNO/c1-8(11-4-3-10(21-2)7-14(11)19)20-15-12(17)5-9(16)6-13(15)18/h3-8,20H,1-2H3. The minimum atomic E-state index is -0.293. The second kappa shape index (κ2) is 7.11. The number of halogens is 4. The van der Waals surface area contributed by atoms with Gasteiger partial charge in [0.05, 0.1) is 18.8 Å². The van der Waals surface area contributed by atoms with E-state index < -0.39 is 0 Å². The number of nitrogens with one attached hydrogen (secondary N) is 1. The number of anilines is 1. The van der Waals surface area contributed by atoms with Gasteiger partial charge >= 0.3 is 0 Å². The largest absolute Gasteiger partial charge is 0.497 e. The number of benzene rings is 2. The third-order valence-corrected chi connectivity index (χ3v) is 4.75. The van der Waals surface area contributed by atoms with Gasteiger partial charge in [-0.2, -0.15) is 0 Å². The van der Waals surface area contributed by atoms with Crippen LogP contribution in [0.1, 0.15) is 18.5 Å². The number of methoxy groups -OCH3 is 1. The van der Waals surface area contributed by atoms with Gasteiger partial charge in [-0.25, -0.2) is 4.39 Å². The Hall–Kier alpha value is -0.590. The van der Waals surface area contributed by atoms with Crippen molar-refractivity contribution in [1.82, 2.24) is 0 Å². The van der Waals surface area contributed by atoms with E-state index in [0.29, 0.717) is 11.3 Å². The van der Waals surface area contributed by atoms with Crippen LogP contribution in [0.2, 0.25) is 0 Å². The Kier molecular flexibility index (Phi) is 5.68. The third-order valence-electron chi connectivity index (χ3n) is 3.04. The van der Waals surface area contributed by atoms with Gasteiger partial charge in [0.15, 0.2) is 0 Å². The fourth-order valence-electron chi connectivity index (χ4n) is 1.96. The lowest BCUT2D eigenvalue weighted by molar-refractivity contribution is 0.410. The first-order valence-electron chi connectivity index (χ1n) is 6.17. The second-order valence-corrected chi connectivity index (χ2v) is 7.12. The Balaban J connectivity index is 2.28. The first-order chi connectivity index (χ1) is 9.92. The molecule has 2 rings (SSSR count). The molecule has 1 unspecified atom stereocenters. The van der Waals surface area contributed by atoms with E-state index in [1.54, 1.807) is 12.1 Å². The molecule has 2 nitrogen and oxygen atoms in total. The summed E-state index contributed by atoms with van der Waals surface area (Å²) in [5.41, 5.74) is 1.46. The van der Waals surface area contributed by atoms with Crippen LogP contribution in [0.3, 0.4) is 0 Å². The lowest BCUT2D eigenvalue weighted by atomic mass is 10.1. The molecule has 0 spiro atoms. The SMILES string of the molecule is COc1ccc(C(C)Nc2c(Br)cc(Br)cc2Br)c(F)c1. The van der Waals surface area contributed by atoms with Gasteiger partial charge in [0.2, 0.25) is 0 Å². The topological polar surface area (TPSA) is 21.3 Å². The van der Waals surface area contributed by atoms with Crippen molar-refractivity contribution in [1.29, 1.82) is 0 Å². The molecular formula is C15H13Br3FNO. The molecule has 112 valence electrons. The fourth-order valence-corrected chi connectivity index (χ4v) is 4.45. The number of rotatable bonds is 4. The van der Waals surface area contributed by atoms with Crippen molar-refractivity contribution in [2.45, 2.75) is 13.0 Å². The predicted molar refractivity (Wildman–Crippen MR) is 94.5 cm³/mol. The molecule has 0 aliphatic carbocycles. The Morgan fingerprint density at radius 2 is 1.71 bits per heavy atom. The van der Waals surface area contributed by atoms with Gasteiger partial charge in [0, 0.05) is 25.0 Å². The van der Waals surface area contributed by atoms with Crippen molar-refractivity contribution in [2.75, 3.05) is 12.4 Å². The molecule has 21 heavy (non-hydrogen) atoms. The summed E-state index contributed by atoms with van der Waals surface area (Å²) in [7, 11) is 1.52. The van der Waals surface area contributed by atoms with E-state index in [0.717, 1.165) is 19.1 Å². The van der Waals surface area contributed by atoms with Crippen LogP contribution >= 0.6 is 47.8 Å². The molecule has 0 saturated heterocycles. The zero-order valence-electron chi connectivity index (χ0n) is 11.4. The molecule has 0 aliphatic rings. The highest BCUT2D eigenvalue weighted by Gasteiger charge is 2.15. The maximum absolute atomic E-state index is 14.1. The molecule has 0 radical (unpaired) electrons. The van der Waals surface area contributed by atoms with Gasteiger partial charge in [-0.05, 0) is 57.0 Å². The smallest absolute Gasteiger partial charge is 0.132 e. The normalized spacial score (nSPS) is 12.1. The van der Waals surface area contributed by atoms with Crippen LogP contribution < -0.4 is 10.1 Å². The Labute approximate surface area is 148 Å². The molecule has 6 heteroatoms. The lowest BCUT2D eigenvalue weighted by Crippen LogP contribution is -2.09. The highest BCUT2D eigenvalue weighted by molar-refractivity contribution is 9.11. The summed E-state index contributed by atoms with van der Waals surface area (Å²) in [6.07, 6.45) is 0. The van der Waals surface area contributed by atoms with Gasteiger partial charge in [-0.1, -0.05) is 22.0 Å². The molecule has 0 aromatic heterocycles. The van der Waals surface area contributed by atoms with Crippen LogP contribution in [0.25, 0.3) is 0 Å². The van der Waals surface area contributed by atoms with E-state index in [9.17, 15) is 4.39 Å². The summed E-state index contributed by atoms with van der Waals surface area (Å²) in [4.78, 5) is 0. The van der Waals surface area contributed by atoms with E-state index in [4.69, 9.17) is 4.74 Å². The van der Waals surface area contributed by atoms with Crippen molar-refractivity contribution in [3.05, 3.63) is 55.1 Å². The Morgan fingerprint density at radius 1 is 1.10 bits per heavy atom. The average Bonchev–Trinajstić information content (AvgIpc) is 2.42. The Morgan fingerprint density at radius 3 is 2.24 bits per heavy atom. The molecular weight excluding hydrogens is 469 g/mol. The van der Waals surface area contributed by atoms with E-state index >= 15 is 0 Å². The molecule has 2 aromatic rings. The Bertz CT molecular complexity index is 640. The molecule has 1 atom stereocenters. The molecule has 0 bridgehead atoms. The molecule has 0 saturated carbocycles. The van der Waals surface area contributed by atoms with Crippen molar-refractivity contribution >= 4 is 53.5 Å². The fraction of sp³-hybridized carbons (Fsp3) is 0.200. The van der Waals surface area contributed by atoms with Crippen LogP contribution in [-0.2, 0) is 0 Å². The number of ether oxygens (including phenoxy) is 1. The van der Waals surface area contributed by atoms with Crippen molar-refractivity contribution < 1.29 is 9.13 Å². The third kappa shape index (κ3) is 3.99. The number of hydrogen-bond donors (Lipinski definition) is 1. The number of hydrogen-bond acceptors (Lipinski definition) is 2. The molecule has 0 aliphatic heterocycles. The van der Waals surface area contributed by atoms with E-state index in [-0.39, 0.29) is 11.9 Å². The summed E-state index contributed by atoms with van der Waals surface area (Å²) in [5, 5.41) is 3.30.